The van der Waals surface area contributed by atoms with E-state index in [9.17, 15) is 9.59 Å². The van der Waals surface area contributed by atoms with Crippen molar-refractivity contribution < 1.29 is 19.1 Å². The Morgan fingerprint density at radius 2 is 1.96 bits per heavy atom. The predicted octanol–water partition coefficient (Wildman–Crippen LogP) is 3.72. The summed E-state index contributed by atoms with van der Waals surface area (Å²) in [6.07, 6.45) is 2.97. The Labute approximate surface area is 144 Å². The molecule has 1 aromatic heterocycles. The van der Waals surface area contributed by atoms with Gasteiger partial charge >= 0.3 is 11.9 Å². The number of nitrogens with zero attached hydrogens (tertiary/aromatic N) is 1. The lowest BCUT2D eigenvalue weighted by atomic mass is 9.95. The fraction of sp³-hybridized carbons (Fsp3) is 0.526. The van der Waals surface area contributed by atoms with E-state index in [4.69, 9.17) is 9.47 Å². The molecule has 1 aromatic rings. The van der Waals surface area contributed by atoms with Gasteiger partial charge in [0.15, 0.2) is 0 Å². The molecule has 5 nitrogen and oxygen atoms in total. The Kier molecular flexibility index (Phi) is 7.14. The molecule has 0 N–H and O–H groups in total. The van der Waals surface area contributed by atoms with Crippen LogP contribution in [0.1, 0.15) is 57.1 Å². The zero-order valence-electron chi connectivity index (χ0n) is 15.2. The van der Waals surface area contributed by atoms with E-state index in [0.29, 0.717) is 18.6 Å². The maximum atomic E-state index is 11.9. The van der Waals surface area contributed by atoms with Gasteiger partial charge in [-0.05, 0) is 58.1 Å². The molecule has 0 radical (unpaired) electrons. The van der Waals surface area contributed by atoms with Crippen molar-refractivity contribution in [2.45, 2.75) is 53.1 Å². The molecular weight excluding hydrogens is 306 g/mol. The molecule has 0 amide bonds. The van der Waals surface area contributed by atoms with E-state index in [-0.39, 0.29) is 17.6 Å². The number of hydrogen-bond acceptors (Lipinski definition) is 5. The van der Waals surface area contributed by atoms with Gasteiger partial charge in [-0.1, -0.05) is 19.6 Å². The molecule has 5 heteroatoms. The Morgan fingerprint density at radius 3 is 2.46 bits per heavy atom. The minimum atomic E-state index is -0.542. The van der Waals surface area contributed by atoms with Crippen molar-refractivity contribution in [3.8, 4) is 0 Å². The van der Waals surface area contributed by atoms with Crippen molar-refractivity contribution in [1.29, 1.82) is 0 Å². The third-order valence-electron chi connectivity index (χ3n) is 3.18. The average molecular weight is 333 g/mol. The van der Waals surface area contributed by atoms with Gasteiger partial charge in [-0.25, -0.2) is 14.6 Å². The number of hydrogen-bond donors (Lipinski definition) is 0. The first-order chi connectivity index (χ1) is 11.1. The number of ether oxygens (including phenoxy) is 2. The van der Waals surface area contributed by atoms with Crippen molar-refractivity contribution in [1.82, 2.24) is 4.98 Å². The smallest absolute Gasteiger partial charge is 0.357 e. The monoisotopic (exact) mass is 333 g/mol. The predicted molar refractivity (Wildman–Crippen MR) is 92.7 cm³/mol. The first-order valence-corrected chi connectivity index (χ1v) is 8.15. The normalized spacial score (nSPS) is 12.4. The van der Waals surface area contributed by atoms with Crippen LogP contribution in [-0.4, -0.2) is 29.1 Å². The standard InChI is InChI=1S/C19H27NO4/c1-7-23-17(21)14(3)10-13(2)11-15-8-9-16(20-12-15)18(22)24-19(4,5)6/h8-9,12-13H,3,7,10-11H2,1-2,4-6H3. The number of aromatic nitrogens is 1. The van der Waals surface area contributed by atoms with Crippen LogP contribution in [0.25, 0.3) is 0 Å². The Bertz CT molecular complexity index is 584. The fourth-order valence-corrected chi connectivity index (χ4v) is 2.21. The molecule has 0 saturated carbocycles. The first kappa shape index (κ1) is 19.9. The fourth-order valence-electron chi connectivity index (χ4n) is 2.21. The third kappa shape index (κ3) is 6.94. The zero-order chi connectivity index (χ0) is 18.3. The van der Waals surface area contributed by atoms with Gasteiger partial charge in [-0.3, -0.25) is 0 Å². The highest BCUT2D eigenvalue weighted by Crippen LogP contribution is 2.17. The van der Waals surface area contributed by atoms with E-state index >= 15 is 0 Å². The Hall–Kier alpha value is -2.17. The molecule has 0 bridgehead atoms. The molecule has 132 valence electrons. The highest BCUT2D eigenvalue weighted by molar-refractivity contribution is 5.88. The summed E-state index contributed by atoms with van der Waals surface area (Å²) < 4.78 is 10.2. The van der Waals surface area contributed by atoms with Gasteiger partial charge in [0.25, 0.3) is 0 Å². The lowest BCUT2D eigenvalue weighted by Gasteiger charge is -2.19. The summed E-state index contributed by atoms with van der Waals surface area (Å²) in [6, 6.07) is 3.52. The summed E-state index contributed by atoms with van der Waals surface area (Å²) in [5, 5.41) is 0. The van der Waals surface area contributed by atoms with Crippen LogP contribution in [0.4, 0.5) is 0 Å². The van der Waals surface area contributed by atoms with Crippen LogP contribution in [0.3, 0.4) is 0 Å². The number of pyridine rings is 1. The summed E-state index contributed by atoms with van der Waals surface area (Å²) in [4.78, 5) is 27.7. The van der Waals surface area contributed by atoms with Gasteiger partial charge in [0.05, 0.1) is 6.61 Å². The molecule has 1 unspecified atom stereocenters. The molecular formula is C19H27NO4. The van der Waals surface area contributed by atoms with Gasteiger partial charge in [-0.15, -0.1) is 0 Å². The Balaban J connectivity index is 2.59. The molecule has 24 heavy (non-hydrogen) atoms. The number of carbonyl (C=O) groups is 2. The molecule has 0 aliphatic carbocycles. The molecule has 0 saturated heterocycles. The lowest BCUT2D eigenvalue weighted by molar-refractivity contribution is -0.138. The van der Waals surface area contributed by atoms with E-state index in [0.717, 1.165) is 12.0 Å². The molecule has 1 heterocycles. The SMILES string of the molecule is C=C(CC(C)Cc1ccc(C(=O)OC(C)(C)C)nc1)C(=O)OCC. The van der Waals surface area contributed by atoms with Crippen LogP contribution in [0, 0.1) is 5.92 Å². The molecule has 0 spiro atoms. The maximum Gasteiger partial charge on any atom is 0.357 e. The molecule has 0 aliphatic heterocycles. The van der Waals surface area contributed by atoms with Gasteiger partial charge in [0.2, 0.25) is 0 Å². The van der Waals surface area contributed by atoms with Crippen molar-refractivity contribution in [2.24, 2.45) is 5.92 Å². The number of esters is 2. The topological polar surface area (TPSA) is 65.5 Å². The average Bonchev–Trinajstić information content (AvgIpc) is 2.46. The van der Waals surface area contributed by atoms with Crippen LogP contribution in [0.15, 0.2) is 30.5 Å². The summed E-state index contributed by atoms with van der Waals surface area (Å²) in [5.74, 6) is -0.559. The van der Waals surface area contributed by atoms with E-state index in [1.807, 2.05) is 33.8 Å². The molecule has 1 atom stereocenters. The summed E-state index contributed by atoms with van der Waals surface area (Å²) >= 11 is 0. The van der Waals surface area contributed by atoms with Gasteiger partial charge in [0.1, 0.15) is 11.3 Å². The van der Waals surface area contributed by atoms with Crippen LogP contribution in [0.5, 0.6) is 0 Å². The van der Waals surface area contributed by atoms with E-state index in [1.54, 1.807) is 19.2 Å². The third-order valence-corrected chi connectivity index (χ3v) is 3.18. The van der Waals surface area contributed by atoms with Crippen LogP contribution < -0.4 is 0 Å². The summed E-state index contributed by atoms with van der Waals surface area (Å²) in [6.45, 7) is 13.4. The first-order valence-electron chi connectivity index (χ1n) is 8.15. The summed E-state index contributed by atoms with van der Waals surface area (Å²) in [7, 11) is 0. The van der Waals surface area contributed by atoms with Crippen molar-refractivity contribution >= 4 is 11.9 Å². The Morgan fingerprint density at radius 1 is 1.29 bits per heavy atom. The van der Waals surface area contributed by atoms with E-state index in [2.05, 4.69) is 11.6 Å². The van der Waals surface area contributed by atoms with Gasteiger partial charge < -0.3 is 9.47 Å². The zero-order valence-corrected chi connectivity index (χ0v) is 15.2. The molecule has 0 fully saturated rings. The molecule has 0 aliphatic rings. The van der Waals surface area contributed by atoms with E-state index in [1.165, 1.54) is 0 Å². The van der Waals surface area contributed by atoms with Gasteiger partial charge in [0, 0.05) is 11.8 Å². The molecule has 1 rings (SSSR count). The largest absolute Gasteiger partial charge is 0.463 e. The van der Waals surface area contributed by atoms with E-state index < -0.39 is 11.6 Å². The van der Waals surface area contributed by atoms with Crippen molar-refractivity contribution in [3.63, 3.8) is 0 Å². The van der Waals surface area contributed by atoms with Crippen molar-refractivity contribution in [2.75, 3.05) is 6.61 Å². The van der Waals surface area contributed by atoms with Crippen LogP contribution in [-0.2, 0) is 20.7 Å². The highest BCUT2D eigenvalue weighted by Gasteiger charge is 2.19. The number of carbonyl (C=O) groups excluding carboxylic acids is 2. The van der Waals surface area contributed by atoms with Gasteiger partial charge in [-0.2, -0.15) is 0 Å². The second-order valence-electron chi connectivity index (χ2n) is 6.89. The second-order valence-corrected chi connectivity index (χ2v) is 6.89. The van der Waals surface area contributed by atoms with Crippen molar-refractivity contribution in [3.05, 3.63) is 41.7 Å². The quantitative estimate of drug-likeness (QED) is 0.562. The summed E-state index contributed by atoms with van der Waals surface area (Å²) in [5.41, 5.74) is 1.21. The molecule has 0 aromatic carbocycles. The maximum absolute atomic E-state index is 11.9. The number of rotatable bonds is 7. The van der Waals surface area contributed by atoms with Crippen LogP contribution in [0.2, 0.25) is 0 Å². The minimum Gasteiger partial charge on any atom is -0.463 e. The minimum absolute atomic E-state index is 0.219. The highest BCUT2D eigenvalue weighted by atomic mass is 16.6. The lowest BCUT2D eigenvalue weighted by Crippen LogP contribution is -2.24. The second kappa shape index (κ2) is 8.62. The van der Waals surface area contributed by atoms with Crippen LogP contribution >= 0.6 is 0 Å².